The van der Waals surface area contributed by atoms with Crippen LogP contribution in [0, 0.1) is 34.5 Å². The Labute approximate surface area is 143 Å². The second-order valence-electron chi connectivity index (χ2n) is 10.2. The van der Waals surface area contributed by atoms with Crippen LogP contribution >= 0.6 is 0 Å². The number of aliphatic hydroxyl groups is 1. The molecule has 1 nitrogen and oxygen atoms in total. The lowest BCUT2D eigenvalue weighted by Crippen LogP contribution is -2.56. The molecule has 0 bridgehead atoms. The Morgan fingerprint density at radius 3 is 2.43 bits per heavy atom. The Morgan fingerprint density at radius 1 is 0.870 bits per heavy atom. The van der Waals surface area contributed by atoms with Gasteiger partial charge in [0.15, 0.2) is 0 Å². The van der Waals surface area contributed by atoms with Gasteiger partial charge >= 0.3 is 0 Å². The molecule has 0 unspecified atom stereocenters. The molecule has 0 amide bonds. The van der Waals surface area contributed by atoms with Gasteiger partial charge in [0.2, 0.25) is 0 Å². The highest BCUT2D eigenvalue weighted by Gasteiger charge is 2.63. The lowest BCUT2D eigenvalue weighted by molar-refractivity contribution is -0.153. The van der Waals surface area contributed by atoms with E-state index in [4.69, 9.17) is 0 Å². The number of hydrogen-bond acceptors (Lipinski definition) is 1. The zero-order valence-corrected chi connectivity index (χ0v) is 15.7. The van der Waals surface area contributed by atoms with Crippen molar-refractivity contribution in [1.29, 1.82) is 0 Å². The standard InChI is InChI=1S/C22H38O/c1-4-12-22(23)15-11-19-17-9-8-16-7-5-6-13-20(16,2)18(17)10-14-21(19,22)3/h16-19,23H,4-15H2,1-3H3/t16-,17+,18-,19+,20-,21-,22-/m0/s1. The maximum Gasteiger partial charge on any atom is 0.0703 e. The summed E-state index contributed by atoms with van der Waals surface area (Å²) in [5.74, 6) is 3.69. The molecule has 4 aliphatic rings. The van der Waals surface area contributed by atoms with Crippen LogP contribution in [0.4, 0.5) is 0 Å². The third kappa shape index (κ3) is 2.14. The molecule has 23 heavy (non-hydrogen) atoms. The molecule has 4 fully saturated rings. The molecule has 132 valence electrons. The van der Waals surface area contributed by atoms with Crippen molar-refractivity contribution in [1.82, 2.24) is 0 Å². The van der Waals surface area contributed by atoms with Crippen molar-refractivity contribution in [3.63, 3.8) is 0 Å². The third-order valence-corrected chi connectivity index (χ3v) is 9.57. The lowest BCUT2D eigenvalue weighted by Gasteiger charge is -2.61. The van der Waals surface area contributed by atoms with E-state index in [0.29, 0.717) is 5.41 Å². The Kier molecular flexibility index (Phi) is 3.91. The van der Waals surface area contributed by atoms with Gasteiger partial charge in [-0.2, -0.15) is 0 Å². The van der Waals surface area contributed by atoms with E-state index in [1.807, 2.05) is 0 Å². The Hall–Kier alpha value is -0.0400. The minimum Gasteiger partial charge on any atom is -0.389 e. The largest absolute Gasteiger partial charge is 0.389 e. The van der Waals surface area contributed by atoms with Crippen molar-refractivity contribution >= 4 is 0 Å². The van der Waals surface area contributed by atoms with E-state index < -0.39 is 0 Å². The second-order valence-corrected chi connectivity index (χ2v) is 10.2. The van der Waals surface area contributed by atoms with Crippen LogP contribution in [0.2, 0.25) is 0 Å². The van der Waals surface area contributed by atoms with Gasteiger partial charge < -0.3 is 5.11 Å². The predicted octanol–water partition coefficient (Wildman–Crippen LogP) is 5.95. The van der Waals surface area contributed by atoms with Crippen LogP contribution in [-0.2, 0) is 0 Å². The van der Waals surface area contributed by atoms with Crippen LogP contribution in [0.25, 0.3) is 0 Å². The first-order valence-corrected chi connectivity index (χ1v) is 10.7. The summed E-state index contributed by atoms with van der Waals surface area (Å²) in [6, 6.07) is 0. The SMILES string of the molecule is CCC[C@]1(O)CC[C@@H]2[C@@H]3CC[C@@H]4CCCC[C@]4(C)[C@H]3CC[C@@]21C. The van der Waals surface area contributed by atoms with Gasteiger partial charge in [0.1, 0.15) is 0 Å². The van der Waals surface area contributed by atoms with Gasteiger partial charge in [0.25, 0.3) is 0 Å². The molecule has 4 rings (SSSR count). The predicted molar refractivity (Wildman–Crippen MR) is 96.2 cm³/mol. The monoisotopic (exact) mass is 318 g/mol. The van der Waals surface area contributed by atoms with Gasteiger partial charge in [0.05, 0.1) is 5.60 Å². The van der Waals surface area contributed by atoms with Gasteiger partial charge in [-0.1, -0.05) is 40.0 Å². The zero-order valence-electron chi connectivity index (χ0n) is 15.7. The molecule has 0 saturated heterocycles. The molecule has 0 aliphatic heterocycles. The quantitative estimate of drug-likeness (QED) is 0.667. The van der Waals surface area contributed by atoms with E-state index >= 15 is 0 Å². The summed E-state index contributed by atoms with van der Waals surface area (Å²) in [5, 5.41) is 11.4. The van der Waals surface area contributed by atoms with Crippen LogP contribution in [0.5, 0.6) is 0 Å². The van der Waals surface area contributed by atoms with Crippen molar-refractivity contribution < 1.29 is 5.11 Å². The fourth-order valence-electron chi connectivity index (χ4n) is 8.23. The topological polar surface area (TPSA) is 20.2 Å². The Bertz CT molecular complexity index is 459. The van der Waals surface area contributed by atoms with Crippen molar-refractivity contribution in [3.8, 4) is 0 Å². The molecule has 0 aromatic rings. The minimum absolute atomic E-state index is 0.210. The molecule has 1 heteroatoms. The summed E-state index contributed by atoms with van der Waals surface area (Å²) in [6.07, 6.45) is 16.1. The maximum absolute atomic E-state index is 11.4. The molecule has 0 aromatic heterocycles. The molecular weight excluding hydrogens is 280 g/mol. The van der Waals surface area contributed by atoms with Crippen molar-refractivity contribution in [2.45, 2.75) is 103 Å². The van der Waals surface area contributed by atoms with E-state index in [2.05, 4.69) is 20.8 Å². The van der Waals surface area contributed by atoms with E-state index in [0.717, 1.165) is 42.9 Å². The molecule has 0 heterocycles. The summed E-state index contributed by atoms with van der Waals surface area (Å²) < 4.78 is 0. The van der Waals surface area contributed by atoms with Crippen molar-refractivity contribution in [3.05, 3.63) is 0 Å². The van der Waals surface area contributed by atoms with Gasteiger partial charge in [-0.05, 0) is 92.3 Å². The molecule has 4 aliphatic carbocycles. The summed E-state index contributed by atoms with van der Waals surface area (Å²) in [4.78, 5) is 0. The van der Waals surface area contributed by atoms with Crippen LogP contribution in [0.15, 0.2) is 0 Å². The summed E-state index contributed by atoms with van der Waals surface area (Å²) in [7, 11) is 0. The normalized spacial score (nSPS) is 55.8. The summed E-state index contributed by atoms with van der Waals surface area (Å²) in [5.41, 5.74) is 0.484. The van der Waals surface area contributed by atoms with Crippen LogP contribution in [0.1, 0.15) is 97.8 Å². The number of rotatable bonds is 2. The zero-order chi connectivity index (χ0) is 16.3. The number of hydrogen-bond donors (Lipinski definition) is 1. The Balaban J connectivity index is 1.63. The first-order chi connectivity index (χ1) is 10.9. The van der Waals surface area contributed by atoms with Crippen LogP contribution in [-0.4, -0.2) is 10.7 Å². The van der Waals surface area contributed by atoms with Gasteiger partial charge in [0, 0.05) is 0 Å². The Morgan fingerprint density at radius 2 is 1.65 bits per heavy atom. The summed E-state index contributed by atoms with van der Waals surface area (Å²) in [6.45, 7) is 7.36. The van der Waals surface area contributed by atoms with Crippen LogP contribution in [0.3, 0.4) is 0 Å². The maximum atomic E-state index is 11.4. The smallest absolute Gasteiger partial charge is 0.0703 e. The second kappa shape index (κ2) is 5.48. The molecule has 1 N–H and O–H groups in total. The highest BCUT2D eigenvalue weighted by molar-refractivity contribution is 5.13. The molecule has 4 saturated carbocycles. The number of fused-ring (bicyclic) bond motifs is 5. The summed E-state index contributed by atoms with van der Waals surface area (Å²) >= 11 is 0. The van der Waals surface area contributed by atoms with Gasteiger partial charge in [-0.3, -0.25) is 0 Å². The first kappa shape index (κ1) is 16.4. The minimum atomic E-state index is -0.359. The fourth-order valence-corrected chi connectivity index (χ4v) is 8.23. The van der Waals surface area contributed by atoms with E-state index in [1.165, 1.54) is 57.8 Å². The van der Waals surface area contributed by atoms with E-state index in [1.54, 1.807) is 0 Å². The highest BCUT2D eigenvalue weighted by Crippen LogP contribution is 2.68. The van der Waals surface area contributed by atoms with Crippen molar-refractivity contribution in [2.24, 2.45) is 34.5 Å². The van der Waals surface area contributed by atoms with E-state index in [-0.39, 0.29) is 11.0 Å². The highest BCUT2D eigenvalue weighted by atomic mass is 16.3. The van der Waals surface area contributed by atoms with Crippen molar-refractivity contribution in [2.75, 3.05) is 0 Å². The molecule has 0 spiro atoms. The van der Waals surface area contributed by atoms with E-state index in [9.17, 15) is 5.11 Å². The third-order valence-electron chi connectivity index (χ3n) is 9.57. The van der Waals surface area contributed by atoms with Gasteiger partial charge in [-0.25, -0.2) is 0 Å². The molecular formula is C22H38O. The average Bonchev–Trinajstić information content (AvgIpc) is 2.79. The fraction of sp³-hybridized carbons (Fsp3) is 1.00. The lowest BCUT2D eigenvalue weighted by atomic mass is 9.44. The van der Waals surface area contributed by atoms with Crippen LogP contribution < -0.4 is 0 Å². The first-order valence-electron chi connectivity index (χ1n) is 10.7. The van der Waals surface area contributed by atoms with Gasteiger partial charge in [-0.15, -0.1) is 0 Å². The molecule has 7 atom stereocenters. The average molecular weight is 319 g/mol. The molecule has 0 aromatic carbocycles. The molecule has 0 radical (unpaired) electrons.